The van der Waals surface area contributed by atoms with Crippen molar-refractivity contribution >= 4 is 5.82 Å². The first kappa shape index (κ1) is 15.9. The fourth-order valence-corrected chi connectivity index (χ4v) is 2.41. The molecule has 21 heavy (non-hydrogen) atoms. The van der Waals surface area contributed by atoms with Gasteiger partial charge in [0.1, 0.15) is 12.4 Å². The maximum atomic E-state index is 12.8. The summed E-state index contributed by atoms with van der Waals surface area (Å²) in [5.41, 5.74) is -0.756. The SMILES string of the molecule is CNc1cc(C(F)(F)F)cc(OCC2CCCCN2C)n1. The fourth-order valence-electron chi connectivity index (χ4n) is 2.41. The lowest BCUT2D eigenvalue weighted by Crippen LogP contribution is -2.40. The van der Waals surface area contributed by atoms with Crippen LogP contribution in [0.25, 0.3) is 0 Å². The van der Waals surface area contributed by atoms with Crippen LogP contribution in [0.1, 0.15) is 24.8 Å². The standard InChI is InChI=1S/C14H20F3N3O/c1-18-12-7-10(14(15,16)17)8-13(19-12)21-9-11-5-3-4-6-20(11)2/h7-8,11H,3-6,9H2,1-2H3,(H,18,19). The zero-order chi connectivity index (χ0) is 15.5. The van der Waals surface area contributed by atoms with E-state index in [1.54, 1.807) is 0 Å². The zero-order valence-corrected chi connectivity index (χ0v) is 12.2. The van der Waals surface area contributed by atoms with E-state index in [4.69, 9.17) is 4.74 Å². The second-order valence-electron chi connectivity index (χ2n) is 5.27. The Morgan fingerprint density at radius 3 is 2.76 bits per heavy atom. The van der Waals surface area contributed by atoms with Crippen LogP contribution in [-0.4, -0.2) is 43.2 Å². The van der Waals surface area contributed by atoms with E-state index < -0.39 is 11.7 Å². The first-order chi connectivity index (χ1) is 9.90. The Hall–Kier alpha value is -1.50. The summed E-state index contributed by atoms with van der Waals surface area (Å²) < 4.78 is 44.0. The molecule has 0 spiro atoms. The van der Waals surface area contributed by atoms with Crippen molar-refractivity contribution in [1.82, 2.24) is 9.88 Å². The Kier molecular flexibility index (Phi) is 4.92. The molecule has 1 aromatic heterocycles. The average molecular weight is 303 g/mol. The van der Waals surface area contributed by atoms with Crippen molar-refractivity contribution in [2.24, 2.45) is 0 Å². The third kappa shape index (κ3) is 4.23. The van der Waals surface area contributed by atoms with Crippen LogP contribution in [0, 0.1) is 0 Å². The molecule has 0 aromatic carbocycles. The maximum absolute atomic E-state index is 12.8. The van der Waals surface area contributed by atoms with Crippen molar-refractivity contribution in [2.45, 2.75) is 31.5 Å². The quantitative estimate of drug-likeness (QED) is 0.928. The molecule has 7 heteroatoms. The average Bonchev–Trinajstić information content (AvgIpc) is 2.45. The molecule has 118 valence electrons. The van der Waals surface area contributed by atoms with E-state index in [9.17, 15) is 13.2 Å². The summed E-state index contributed by atoms with van der Waals surface area (Å²) >= 11 is 0. The zero-order valence-electron chi connectivity index (χ0n) is 12.2. The molecule has 0 radical (unpaired) electrons. The number of piperidine rings is 1. The number of hydrogen-bond donors (Lipinski definition) is 1. The number of alkyl halides is 3. The number of nitrogens with zero attached hydrogens (tertiary/aromatic N) is 2. The van der Waals surface area contributed by atoms with Crippen LogP contribution in [0.5, 0.6) is 5.88 Å². The predicted molar refractivity (Wildman–Crippen MR) is 74.5 cm³/mol. The summed E-state index contributed by atoms with van der Waals surface area (Å²) in [6.45, 7) is 1.35. The lowest BCUT2D eigenvalue weighted by molar-refractivity contribution is -0.137. The van der Waals surface area contributed by atoms with Crippen LogP contribution in [0.4, 0.5) is 19.0 Å². The van der Waals surface area contributed by atoms with E-state index >= 15 is 0 Å². The van der Waals surface area contributed by atoms with Crippen molar-refractivity contribution in [3.63, 3.8) is 0 Å². The highest BCUT2D eigenvalue weighted by molar-refractivity contribution is 5.42. The molecule has 1 saturated heterocycles. The van der Waals surface area contributed by atoms with Crippen LogP contribution in [0.3, 0.4) is 0 Å². The minimum atomic E-state index is -4.41. The Balaban J connectivity index is 2.08. The Morgan fingerprint density at radius 1 is 1.38 bits per heavy atom. The van der Waals surface area contributed by atoms with Gasteiger partial charge in [0.05, 0.1) is 5.56 Å². The number of pyridine rings is 1. The summed E-state index contributed by atoms with van der Waals surface area (Å²) in [6, 6.07) is 2.15. The third-order valence-corrected chi connectivity index (χ3v) is 3.73. The van der Waals surface area contributed by atoms with Gasteiger partial charge in [0.2, 0.25) is 5.88 Å². The number of anilines is 1. The molecule has 1 N–H and O–H groups in total. The molecule has 1 atom stereocenters. The van der Waals surface area contributed by atoms with Gasteiger partial charge in [-0.15, -0.1) is 0 Å². The first-order valence-corrected chi connectivity index (χ1v) is 7.00. The van der Waals surface area contributed by atoms with Crippen LogP contribution >= 0.6 is 0 Å². The summed E-state index contributed by atoms with van der Waals surface area (Å²) in [6.07, 6.45) is -1.14. The molecule has 1 aliphatic heterocycles. The highest BCUT2D eigenvalue weighted by atomic mass is 19.4. The van der Waals surface area contributed by atoms with E-state index in [2.05, 4.69) is 15.2 Å². The molecule has 1 unspecified atom stereocenters. The summed E-state index contributed by atoms with van der Waals surface area (Å²) in [7, 11) is 3.53. The maximum Gasteiger partial charge on any atom is 0.416 e. The molecule has 0 saturated carbocycles. The lowest BCUT2D eigenvalue weighted by atomic mass is 10.0. The second-order valence-corrected chi connectivity index (χ2v) is 5.27. The molecular weight excluding hydrogens is 283 g/mol. The normalized spacial score (nSPS) is 20.3. The number of ether oxygens (including phenoxy) is 1. The van der Waals surface area contributed by atoms with Gasteiger partial charge in [0.25, 0.3) is 0 Å². The van der Waals surface area contributed by atoms with Gasteiger partial charge in [0, 0.05) is 19.2 Å². The van der Waals surface area contributed by atoms with Gasteiger partial charge in [-0.1, -0.05) is 6.42 Å². The molecule has 0 bridgehead atoms. The lowest BCUT2D eigenvalue weighted by Gasteiger charge is -2.32. The Morgan fingerprint density at radius 2 is 2.14 bits per heavy atom. The number of nitrogens with one attached hydrogen (secondary N) is 1. The topological polar surface area (TPSA) is 37.4 Å². The van der Waals surface area contributed by atoms with Crippen molar-refractivity contribution < 1.29 is 17.9 Å². The van der Waals surface area contributed by atoms with Crippen molar-refractivity contribution in [2.75, 3.05) is 32.6 Å². The second kappa shape index (κ2) is 6.51. The van der Waals surface area contributed by atoms with Gasteiger partial charge in [-0.25, -0.2) is 0 Å². The van der Waals surface area contributed by atoms with Crippen LogP contribution in [0.15, 0.2) is 12.1 Å². The van der Waals surface area contributed by atoms with Gasteiger partial charge in [-0.2, -0.15) is 18.2 Å². The Labute approximate surface area is 122 Å². The Bertz CT molecular complexity index is 479. The summed E-state index contributed by atoms with van der Waals surface area (Å²) in [4.78, 5) is 6.20. The van der Waals surface area contributed by atoms with E-state index in [1.807, 2.05) is 7.05 Å². The number of hydrogen-bond acceptors (Lipinski definition) is 4. The van der Waals surface area contributed by atoms with Crippen molar-refractivity contribution in [3.8, 4) is 5.88 Å². The number of halogens is 3. The monoisotopic (exact) mass is 303 g/mol. The molecular formula is C14H20F3N3O. The van der Waals surface area contributed by atoms with Crippen LogP contribution in [-0.2, 0) is 6.18 Å². The molecule has 4 nitrogen and oxygen atoms in total. The minimum Gasteiger partial charge on any atom is -0.476 e. The van der Waals surface area contributed by atoms with E-state index in [0.29, 0.717) is 6.61 Å². The highest BCUT2D eigenvalue weighted by Crippen LogP contribution is 2.32. The fraction of sp³-hybridized carbons (Fsp3) is 0.643. The minimum absolute atomic E-state index is 0.00754. The number of likely N-dealkylation sites (tertiary alicyclic amines) is 1. The van der Waals surface area contributed by atoms with E-state index in [1.165, 1.54) is 7.05 Å². The van der Waals surface area contributed by atoms with Gasteiger partial charge in [0.15, 0.2) is 0 Å². The van der Waals surface area contributed by atoms with E-state index in [0.717, 1.165) is 37.9 Å². The van der Waals surface area contributed by atoms with Crippen molar-refractivity contribution in [1.29, 1.82) is 0 Å². The molecule has 1 aromatic rings. The smallest absolute Gasteiger partial charge is 0.416 e. The molecule has 1 fully saturated rings. The van der Waals surface area contributed by atoms with Gasteiger partial charge < -0.3 is 15.0 Å². The summed E-state index contributed by atoms with van der Waals surface area (Å²) in [5, 5.41) is 2.63. The summed E-state index contributed by atoms with van der Waals surface area (Å²) in [5.74, 6) is 0.157. The first-order valence-electron chi connectivity index (χ1n) is 7.00. The number of likely N-dealkylation sites (N-methyl/N-ethyl adjacent to an activating group) is 1. The van der Waals surface area contributed by atoms with Gasteiger partial charge in [-0.3, -0.25) is 0 Å². The molecule has 0 amide bonds. The molecule has 2 heterocycles. The van der Waals surface area contributed by atoms with E-state index in [-0.39, 0.29) is 17.7 Å². The molecule has 0 aliphatic carbocycles. The molecule has 1 aliphatic rings. The molecule has 2 rings (SSSR count). The largest absolute Gasteiger partial charge is 0.476 e. The highest BCUT2D eigenvalue weighted by Gasteiger charge is 2.32. The van der Waals surface area contributed by atoms with Crippen LogP contribution in [0.2, 0.25) is 0 Å². The predicted octanol–water partition coefficient (Wildman–Crippen LogP) is 3.01. The van der Waals surface area contributed by atoms with Gasteiger partial charge >= 0.3 is 6.18 Å². The number of aromatic nitrogens is 1. The van der Waals surface area contributed by atoms with Crippen molar-refractivity contribution in [3.05, 3.63) is 17.7 Å². The van der Waals surface area contributed by atoms with Crippen LogP contribution < -0.4 is 10.1 Å². The number of rotatable bonds is 4. The third-order valence-electron chi connectivity index (χ3n) is 3.73. The van der Waals surface area contributed by atoms with Gasteiger partial charge in [-0.05, 0) is 32.5 Å².